The summed E-state index contributed by atoms with van der Waals surface area (Å²) in [5.74, 6) is -0.487. The molecule has 1 aliphatic carbocycles. The van der Waals surface area contributed by atoms with Gasteiger partial charge in [-0.1, -0.05) is 13.0 Å². The molecule has 5 heteroatoms. The lowest BCUT2D eigenvalue weighted by Gasteiger charge is -2.15. The molecule has 0 aliphatic heterocycles. The molecule has 0 saturated heterocycles. The number of hydrogen-bond acceptors (Lipinski definition) is 0. The topological polar surface area (TPSA) is 27.6 Å². The molecule has 0 radical (unpaired) electrons. The Morgan fingerprint density at radius 1 is 1.41 bits per heavy atom. The van der Waals surface area contributed by atoms with E-state index in [9.17, 15) is 17.6 Å². The van der Waals surface area contributed by atoms with Gasteiger partial charge in [-0.3, -0.25) is 0 Å². The maximum absolute atomic E-state index is 13.7. The van der Waals surface area contributed by atoms with E-state index < -0.39 is 17.6 Å². The minimum Gasteiger partial charge on any atom is -0.357 e. The summed E-state index contributed by atoms with van der Waals surface area (Å²) in [5.41, 5.74) is 2.85. The maximum atomic E-state index is 13.7. The Balaban J connectivity index is 2.40. The number of rotatable bonds is 2. The standard InChI is InChI=1S/C12H13F4N/c1-7-5-11(7,6-17)9-3-2-8(4-10(9)13)12(14,15)16/h2-4,7H,5-6,17H2,1H3/p+1. The second kappa shape index (κ2) is 3.70. The van der Waals surface area contributed by atoms with Crippen molar-refractivity contribution in [3.05, 3.63) is 35.1 Å². The largest absolute Gasteiger partial charge is 0.416 e. The van der Waals surface area contributed by atoms with Crippen molar-refractivity contribution in [3.63, 3.8) is 0 Å². The Morgan fingerprint density at radius 3 is 2.35 bits per heavy atom. The highest BCUT2D eigenvalue weighted by atomic mass is 19.4. The van der Waals surface area contributed by atoms with Crippen LogP contribution in [-0.4, -0.2) is 6.54 Å². The third-order valence-electron chi connectivity index (χ3n) is 3.73. The molecule has 0 bridgehead atoms. The van der Waals surface area contributed by atoms with E-state index in [4.69, 9.17) is 0 Å². The number of hydrogen-bond donors (Lipinski definition) is 1. The van der Waals surface area contributed by atoms with Crippen LogP contribution in [0.2, 0.25) is 0 Å². The molecule has 0 spiro atoms. The van der Waals surface area contributed by atoms with Crippen molar-refractivity contribution >= 4 is 0 Å². The fourth-order valence-electron chi connectivity index (χ4n) is 2.44. The van der Waals surface area contributed by atoms with Crippen molar-refractivity contribution < 1.29 is 23.3 Å². The van der Waals surface area contributed by atoms with E-state index in [0.717, 1.165) is 12.5 Å². The lowest BCUT2D eigenvalue weighted by molar-refractivity contribution is -0.376. The van der Waals surface area contributed by atoms with Gasteiger partial charge in [-0.2, -0.15) is 13.2 Å². The third kappa shape index (κ3) is 1.92. The van der Waals surface area contributed by atoms with Crippen LogP contribution in [0, 0.1) is 11.7 Å². The Hall–Kier alpha value is -1.10. The van der Waals surface area contributed by atoms with Gasteiger partial charge in [0.2, 0.25) is 0 Å². The highest BCUT2D eigenvalue weighted by molar-refractivity contribution is 5.37. The Bertz CT molecular complexity index is 437. The molecule has 0 aromatic heterocycles. The molecule has 2 unspecified atom stereocenters. The predicted molar refractivity (Wildman–Crippen MR) is 54.6 cm³/mol. The van der Waals surface area contributed by atoms with E-state index >= 15 is 0 Å². The van der Waals surface area contributed by atoms with Crippen LogP contribution in [0.4, 0.5) is 17.6 Å². The van der Waals surface area contributed by atoms with Crippen molar-refractivity contribution in [3.8, 4) is 0 Å². The van der Waals surface area contributed by atoms with Crippen LogP contribution >= 0.6 is 0 Å². The normalized spacial score (nSPS) is 28.2. The van der Waals surface area contributed by atoms with Crippen LogP contribution in [0.5, 0.6) is 0 Å². The van der Waals surface area contributed by atoms with Crippen LogP contribution < -0.4 is 5.73 Å². The lowest BCUT2D eigenvalue weighted by Crippen LogP contribution is -2.56. The van der Waals surface area contributed by atoms with E-state index in [1.165, 1.54) is 6.07 Å². The van der Waals surface area contributed by atoms with E-state index in [-0.39, 0.29) is 11.3 Å². The SMILES string of the molecule is CC1CC1(C[NH3+])c1ccc(C(F)(F)F)cc1F. The van der Waals surface area contributed by atoms with Crippen molar-refractivity contribution in [2.45, 2.75) is 24.9 Å². The molecule has 3 N–H and O–H groups in total. The predicted octanol–water partition coefficient (Wildman–Crippen LogP) is 2.36. The average molecular weight is 248 g/mol. The summed E-state index contributed by atoms with van der Waals surface area (Å²) in [5, 5.41) is 0. The number of benzene rings is 1. The molecule has 1 aliphatic rings. The first-order valence-electron chi connectivity index (χ1n) is 5.48. The summed E-state index contributed by atoms with van der Waals surface area (Å²) < 4.78 is 50.9. The second-order valence-corrected chi connectivity index (χ2v) is 4.70. The van der Waals surface area contributed by atoms with Gasteiger partial charge in [-0.25, -0.2) is 4.39 Å². The van der Waals surface area contributed by atoms with Crippen molar-refractivity contribution in [2.24, 2.45) is 5.92 Å². The van der Waals surface area contributed by atoms with Gasteiger partial charge in [-0.15, -0.1) is 0 Å². The Labute approximate surface area is 96.6 Å². The van der Waals surface area contributed by atoms with E-state index in [0.29, 0.717) is 18.2 Å². The fourth-order valence-corrected chi connectivity index (χ4v) is 2.44. The van der Waals surface area contributed by atoms with Crippen LogP contribution in [0.15, 0.2) is 18.2 Å². The molecule has 2 atom stereocenters. The zero-order valence-corrected chi connectivity index (χ0v) is 9.44. The molecule has 1 saturated carbocycles. The minimum atomic E-state index is -4.49. The quantitative estimate of drug-likeness (QED) is 0.778. The van der Waals surface area contributed by atoms with Gasteiger partial charge in [-0.05, 0) is 30.0 Å². The molecule has 1 nitrogen and oxygen atoms in total. The van der Waals surface area contributed by atoms with Crippen molar-refractivity contribution in [2.75, 3.05) is 6.54 Å². The van der Waals surface area contributed by atoms with Crippen LogP contribution in [0.25, 0.3) is 0 Å². The van der Waals surface area contributed by atoms with Crippen LogP contribution in [-0.2, 0) is 11.6 Å². The number of quaternary nitrogens is 1. The zero-order chi connectivity index (χ0) is 12.8. The smallest absolute Gasteiger partial charge is 0.357 e. The Kier molecular flexibility index (Phi) is 2.69. The molecule has 17 heavy (non-hydrogen) atoms. The first-order chi connectivity index (χ1) is 7.81. The summed E-state index contributed by atoms with van der Waals surface area (Å²) in [4.78, 5) is 0. The first kappa shape index (κ1) is 12.4. The third-order valence-corrected chi connectivity index (χ3v) is 3.73. The van der Waals surface area contributed by atoms with Gasteiger partial charge < -0.3 is 5.73 Å². The zero-order valence-electron chi connectivity index (χ0n) is 9.44. The van der Waals surface area contributed by atoms with Gasteiger partial charge in [0.1, 0.15) is 5.82 Å². The van der Waals surface area contributed by atoms with Crippen LogP contribution in [0.1, 0.15) is 24.5 Å². The van der Waals surface area contributed by atoms with Crippen molar-refractivity contribution in [1.29, 1.82) is 0 Å². The van der Waals surface area contributed by atoms with Gasteiger partial charge in [0.05, 0.1) is 12.1 Å². The molecule has 0 heterocycles. The molecule has 94 valence electrons. The summed E-state index contributed by atoms with van der Waals surface area (Å²) in [6, 6.07) is 2.78. The van der Waals surface area contributed by atoms with E-state index in [2.05, 4.69) is 5.73 Å². The average Bonchev–Trinajstić information content (AvgIpc) is 2.89. The summed E-state index contributed by atoms with van der Waals surface area (Å²) in [6.45, 7) is 2.47. The van der Waals surface area contributed by atoms with Crippen molar-refractivity contribution in [1.82, 2.24) is 0 Å². The second-order valence-electron chi connectivity index (χ2n) is 4.70. The van der Waals surface area contributed by atoms with Crippen LogP contribution in [0.3, 0.4) is 0 Å². The molecule has 1 aromatic rings. The highest BCUT2D eigenvalue weighted by Crippen LogP contribution is 2.53. The highest BCUT2D eigenvalue weighted by Gasteiger charge is 2.54. The van der Waals surface area contributed by atoms with E-state index in [1.807, 2.05) is 6.92 Å². The summed E-state index contributed by atoms with van der Waals surface area (Å²) in [6.07, 6.45) is -3.70. The molecule has 1 fully saturated rings. The Morgan fingerprint density at radius 2 is 2.00 bits per heavy atom. The van der Waals surface area contributed by atoms with Gasteiger partial charge in [0, 0.05) is 5.41 Å². The molecule has 2 rings (SSSR count). The summed E-state index contributed by atoms with van der Waals surface area (Å²) in [7, 11) is 0. The monoisotopic (exact) mass is 248 g/mol. The van der Waals surface area contributed by atoms with Gasteiger partial charge >= 0.3 is 6.18 Å². The molecule has 0 amide bonds. The summed E-state index contributed by atoms with van der Waals surface area (Å²) >= 11 is 0. The number of halogens is 4. The molecular weight excluding hydrogens is 234 g/mol. The van der Waals surface area contributed by atoms with Gasteiger partial charge in [0.25, 0.3) is 0 Å². The maximum Gasteiger partial charge on any atom is 0.416 e. The van der Waals surface area contributed by atoms with E-state index in [1.54, 1.807) is 0 Å². The molecular formula is C12H14F4N+. The fraction of sp³-hybridized carbons (Fsp3) is 0.500. The first-order valence-corrected chi connectivity index (χ1v) is 5.48. The van der Waals surface area contributed by atoms with Gasteiger partial charge in [0.15, 0.2) is 0 Å². The number of alkyl halides is 3. The minimum absolute atomic E-state index is 0.284. The lowest BCUT2D eigenvalue weighted by atomic mass is 9.92. The molecule has 1 aromatic carbocycles.